The minimum Gasteiger partial charge on any atom is -0.352 e. The molecule has 1 aliphatic carbocycles. The Morgan fingerprint density at radius 2 is 2.06 bits per heavy atom. The maximum atomic E-state index is 13.5. The first-order valence-corrected chi connectivity index (χ1v) is 6.71. The van der Waals surface area contributed by atoms with E-state index in [0.717, 1.165) is 5.56 Å². The Balaban J connectivity index is 1.92. The smallest absolute Gasteiger partial charge is 0.254 e. The highest BCUT2D eigenvalue weighted by atomic mass is 19.1. The van der Waals surface area contributed by atoms with E-state index in [0.29, 0.717) is 12.5 Å². The van der Waals surface area contributed by atoms with Gasteiger partial charge in [-0.3, -0.25) is 4.79 Å². The van der Waals surface area contributed by atoms with Crippen molar-refractivity contribution < 1.29 is 9.18 Å². The highest BCUT2D eigenvalue weighted by Crippen LogP contribution is 2.22. The van der Waals surface area contributed by atoms with E-state index >= 15 is 0 Å². The lowest BCUT2D eigenvalue weighted by molar-refractivity contribution is 0.0939. The molecule has 0 bridgehead atoms. The van der Waals surface area contributed by atoms with Crippen molar-refractivity contribution in [2.75, 3.05) is 6.54 Å². The summed E-state index contributed by atoms with van der Waals surface area (Å²) >= 11 is 0. The molecular formula is C15H20FNO. The van der Waals surface area contributed by atoms with Gasteiger partial charge < -0.3 is 5.32 Å². The van der Waals surface area contributed by atoms with Crippen LogP contribution in [0.15, 0.2) is 18.2 Å². The lowest BCUT2D eigenvalue weighted by atomic mass is 9.89. The van der Waals surface area contributed by atoms with Gasteiger partial charge in [0.2, 0.25) is 0 Å². The number of hydrogen-bond donors (Lipinski definition) is 1. The van der Waals surface area contributed by atoms with Crippen molar-refractivity contribution >= 4 is 5.91 Å². The monoisotopic (exact) mass is 249 g/mol. The van der Waals surface area contributed by atoms with Gasteiger partial charge in [-0.05, 0) is 37.8 Å². The van der Waals surface area contributed by atoms with Crippen molar-refractivity contribution in [3.8, 4) is 0 Å². The Labute approximate surface area is 108 Å². The summed E-state index contributed by atoms with van der Waals surface area (Å²) in [4.78, 5) is 11.9. The van der Waals surface area contributed by atoms with E-state index in [1.54, 1.807) is 12.1 Å². The third-order valence-corrected chi connectivity index (χ3v) is 3.64. The van der Waals surface area contributed by atoms with Crippen LogP contribution in [0.3, 0.4) is 0 Å². The Kier molecular flexibility index (Phi) is 4.34. The van der Waals surface area contributed by atoms with E-state index in [9.17, 15) is 9.18 Å². The predicted molar refractivity (Wildman–Crippen MR) is 70.0 cm³/mol. The molecule has 1 aliphatic rings. The number of hydrogen-bond acceptors (Lipinski definition) is 1. The largest absolute Gasteiger partial charge is 0.352 e. The molecule has 18 heavy (non-hydrogen) atoms. The molecule has 1 saturated carbocycles. The number of aryl methyl sites for hydroxylation is 1. The molecule has 98 valence electrons. The van der Waals surface area contributed by atoms with Gasteiger partial charge in [0, 0.05) is 6.54 Å². The topological polar surface area (TPSA) is 29.1 Å². The summed E-state index contributed by atoms with van der Waals surface area (Å²) in [5.41, 5.74) is 1.06. The van der Waals surface area contributed by atoms with E-state index in [1.165, 1.54) is 38.2 Å². The van der Waals surface area contributed by atoms with Gasteiger partial charge in [0.1, 0.15) is 5.82 Å². The third-order valence-electron chi connectivity index (χ3n) is 3.64. The molecule has 3 heteroatoms. The second-order valence-electron chi connectivity index (χ2n) is 5.20. The van der Waals surface area contributed by atoms with Gasteiger partial charge in [-0.25, -0.2) is 4.39 Å². The number of rotatable bonds is 3. The minimum atomic E-state index is -0.443. The first-order valence-electron chi connectivity index (χ1n) is 6.71. The second-order valence-corrected chi connectivity index (χ2v) is 5.20. The highest BCUT2D eigenvalue weighted by Gasteiger charge is 2.16. The van der Waals surface area contributed by atoms with Crippen molar-refractivity contribution in [1.29, 1.82) is 0 Å². The van der Waals surface area contributed by atoms with Crippen LogP contribution in [0.25, 0.3) is 0 Å². The van der Waals surface area contributed by atoms with Crippen molar-refractivity contribution in [3.63, 3.8) is 0 Å². The van der Waals surface area contributed by atoms with E-state index in [-0.39, 0.29) is 11.5 Å². The number of amides is 1. The van der Waals surface area contributed by atoms with E-state index in [1.807, 2.05) is 6.92 Å². The van der Waals surface area contributed by atoms with Gasteiger partial charge in [0.05, 0.1) is 5.56 Å². The van der Waals surface area contributed by atoms with Crippen LogP contribution in [0, 0.1) is 18.7 Å². The number of nitrogens with one attached hydrogen (secondary N) is 1. The van der Waals surface area contributed by atoms with Gasteiger partial charge >= 0.3 is 0 Å². The SMILES string of the molecule is Cc1ccc(F)c(C(=O)NCC2CCCCC2)c1. The number of carbonyl (C=O) groups is 1. The van der Waals surface area contributed by atoms with Crippen LogP contribution in [-0.4, -0.2) is 12.5 Å². The van der Waals surface area contributed by atoms with Gasteiger partial charge in [0.15, 0.2) is 0 Å². The molecule has 1 fully saturated rings. The van der Waals surface area contributed by atoms with Gasteiger partial charge in [0.25, 0.3) is 5.91 Å². The molecule has 0 saturated heterocycles. The fraction of sp³-hybridized carbons (Fsp3) is 0.533. The van der Waals surface area contributed by atoms with Crippen LogP contribution >= 0.6 is 0 Å². The molecule has 1 N–H and O–H groups in total. The van der Waals surface area contributed by atoms with Crippen LogP contribution in [0.5, 0.6) is 0 Å². The average Bonchev–Trinajstić information content (AvgIpc) is 2.40. The molecule has 0 radical (unpaired) electrons. The standard InChI is InChI=1S/C15H20FNO/c1-11-7-8-14(16)13(9-11)15(18)17-10-12-5-3-2-4-6-12/h7-9,12H,2-6,10H2,1H3,(H,17,18). The van der Waals surface area contributed by atoms with Crippen molar-refractivity contribution in [2.24, 2.45) is 5.92 Å². The lowest BCUT2D eigenvalue weighted by Crippen LogP contribution is -2.30. The Morgan fingerprint density at radius 3 is 2.78 bits per heavy atom. The minimum absolute atomic E-state index is 0.158. The molecule has 1 amide bonds. The Hall–Kier alpha value is -1.38. The van der Waals surface area contributed by atoms with Crippen molar-refractivity contribution in [3.05, 3.63) is 35.1 Å². The van der Waals surface area contributed by atoms with Crippen molar-refractivity contribution in [1.82, 2.24) is 5.32 Å². The summed E-state index contributed by atoms with van der Waals surface area (Å²) in [6.07, 6.45) is 6.16. The number of carbonyl (C=O) groups excluding carboxylic acids is 1. The van der Waals surface area contributed by atoms with E-state index in [4.69, 9.17) is 0 Å². The second kappa shape index (κ2) is 5.98. The fourth-order valence-corrected chi connectivity index (χ4v) is 2.54. The zero-order valence-electron chi connectivity index (χ0n) is 10.8. The molecule has 0 spiro atoms. The van der Waals surface area contributed by atoms with Crippen molar-refractivity contribution in [2.45, 2.75) is 39.0 Å². The van der Waals surface area contributed by atoms with Gasteiger partial charge in [-0.15, -0.1) is 0 Å². The third kappa shape index (κ3) is 3.31. The molecule has 2 nitrogen and oxygen atoms in total. The quantitative estimate of drug-likeness (QED) is 0.873. The fourth-order valence-electron chi connectivity index (χ4n) is 2.54. The zero-order chi connectivity index (χ0) is 13.0. The first-order chi connectivity index (χ1) is 8.66. The Morgan fingerprint density at radius 1 is 1.33 bits per heavy atom. The summed E-state index contributed by atoms with van der Waals surface area (Å²) in [6, 6.07) is 4.63. The normalized spacial score (nSPS) is 16.6. The number of halogens is 1. The zero-order valence-corrected chi connectivity index (χ0v) is 10.8. The van der Waals surface area contributed by atoms with Crippen LogP contribution in [0.4, 0.5) is 4.39 Å². The summed E-state index contributed by atoms with van der Waals surface area (Å²) in [6.45, 7) is 2.53. The molecule has 0 heterocycles. The van der Waals surface area contributed by atoms with Crippen LogP contribution < -0.4 is 5.32 Å². The molecule has 0 unspecified atom stereocenters. The number of benzene rings is 1. The lowest BCUT2D eigenvalue weighted by Gasteiger charge is -2.21. The summed E-state index contributed by atoms with van der Waals surface area (Å²) in [5.74, 6) is -0.168. The molecule has 1 aromatic carbocycles. The van der Waals surface area contributed by atoms with Gasteiger partial charge in [-0.1, -0.05) is 30.9 Å². The molecule has 0 atom stereocenters. The maximum absolute atomic E-state index is 13.5. The summed E-state index contributed by atoms with van der Waals surface area (Å²) < 4.78 is 13.5. The molecule has 1 aromatic rings. The molecular weight excluding hydrogens is 229 g/mol. The Bertz CT molecular complexity index is 425. The first kappa shape index (κ1) is 13.1. The molecule has 0 aromatic heterocycles. The summed E-state index contributed by atoms with van der Waals surface area (Å²) in [7, 11) is 0. The van der Waals surface area contributed by atoms with Crippen LogP contribution in [-0.2, 0) is 0 Å². The predicted octanol–water partition coefficient (Wildman–Crippen LogP) is 3.44. The van der Waals surface area contributed by atoms with Crippen LogP contribution in [0.1, 0.15) is 48.0 Å². The average molecular weight is 249 g/mol. The summed E-state index contributed by atoms with van der Waals surface area (Å²) in [5, 5.41) is 2.86. The van der Waals surface area contributed by atoms with Crippen LogP contribution in [0.2, 0.25) is 0 Å². The van der Waals surface area contributed by atoms with Gasteiger partial charge in [-0.2, -0.15) is 0 Å². The maximum Gasteiger partial charge on any atom is 0.254 e. The van der Waals surface area contributed by atoms with E-state index in [2.05, 4.69) is 5.32 Å². The molecule has 2 rings (SSSR count). The molecule has 0 aliphatic heterocycles. The highest BCUT2D eigenvalue weighted by molar-refractivity contribution is 5.94. The van der Waals surface area contributed by atoms with E-state index < -0.39 is 5.82 Å².